The van der Waals surface area contributed by atoms with Gasteiger partial charge in [-0.25, -0.2) is 14.4 Å². The highest BCUT2D eigenvalue weighted by molar-refractivity contribution is 5.85. The number of aromatic amines is 1. The molecular weight excluding hydrogens is 309 g/mol. The van der Waals surface area contributed by atoms with Crippen molar-refractivity contribution in [1.29, 1.82) is 0 Å². The lowest BCUT2D eigenvalue weighted by Gasteiger charge is -2.09. The first-order valence-electron chi connectivity index (χ1n) is 7.32. The molecule has 4 aromatic rings. The van der Waals surface area contributed by atoms with Gasteiger partial charge in [0.15, 0.2) is 11.6 Å². The van der Waals surface area contributed by atoms with Gasteiger partial charge in [-0.2, -0.15) is 0 Å². The maximum absolute atomic E-state index is 14.7. The zero-order chi connectivity index (χ0) is 16.7. The Bertz CT molecular complexity index is 1060. The molecule has 0 aliphatic carbocycles. The predicted octanol–water partition coefficient (Wildman–Crippen LogP) is 4.16. The van der Waals surface area contributed by atoms with E-state index in [1.807, 2.05) is 6.92 Å². The highest BCUT2D eigenvalue weighted by Crippen LogP contribution is 2.33. The van der Waals surface area contributed by atoms with E-state index in [1.54, 1.807) is 37.4 Å². The molecule has 5 nitrogen and oxygen atoms in total. The molecule has 1 N–H and O–H groups in total. The molecule has 0 spiro atoms. The second-order valence-electron chi connectivity index (χ2n) is 5.37. The van der Waals surface area contributed by atoms with Crippen LogP contribution < -0.4 is 9.47 Å². The first kappa shape index (κ1) is 14.4. The monoisotopic (exact) mass is 322 g/mol. The van der Waals surface area contributed by atoms with E-state index in [4.69, 9.17) is 9.47 Å². The van der Waals surface area contributed by atoms with Crippen LogP contribution >= 0.6 is 0 Å². The number of hydrogen-bond acceptors (Lipinski definition) is 4. The molecule has 0 saturated heterocycles. The molecule has 6 heteroatoms. The average molecular weight is 322 g/mol. The quantitative estimate of drug-likeness (QED) is 0.615. The van der Waals surface area contributed by atoms with Crippen molar-refractivity contribution in [2.45, 2.75) is 6.92 Å². The van der Waals surface area contributed by atoms with Crippen molar-refractivity contribution < 1.29 is 13.9 Å². The van der Waals surface area contributed by atoms with Crippen LogP contribution in [0, 0.1) is 18.8 Å². The summed E-state index contributed by atoms with van der Waals surface area (Å²) in [5.74, 6) is 0.505. The predicted molar refractivity (Wildman–Crippen MR) is 88.0 cm³/mol. The number of rotatable bonds is 3. The third-order valence-corrected chi connectivity index (χ3v) is 3.77. The molecule has 119 valence electrons. The Morgan fingerprint density at radius 2 is 2.04 bits per heavy atom. The van der Waals surface area contributed by atoms with E-state index >= 15 is 0 Å². The van der Waals surface area contributed by atoms with E-state index in [9.17, 15) is 4.39 Å². The van der Waals surface area contributed by atoms with E-state index in [2.05, 4.69) is 21.0 Å². The van der Waals surface area contributed by atoms with Crippen LogP contribution in [0.3, 0.4) is 0 Å². The van der Waals surface area contributed by atoms with Gasteiger partial charge in [-0.15, -0.1) is 0 Å². The van der Waals surface area contributed by atoms with Crippen molar-refractivity contribution in [3.8, 4) is 17.4 Å². The normalized spacial score (nSPS) is 11.1. The minimum Gasteiger partial charge on any atom is -0.496 e. The molecule has 0 aliphatic rings. The first-order chi connectivity index (χ1) is 11.7. The Labute approximate surface area is 137 Å². The molecule has 0 atom stereocenters. The number of methoxy groups -OCH3 is 1. The summed E-state index contributed by atoms with van der Waals surface area (Å²) in [7, 11) is 1.56. The molecule has 24 heavy (non-hydrogen) atoms. The number of hydrogen-bond donors (Lipinski definition) is 1. The summed E-state index contributed by atoms with van der Waals surface area (Å²) in [5, 5.41) is 1.11. The summed E-state index contributed by atoms with van der Waals surface area (Å²) in [6.07, 6.45) is 1.37. The van der Waals surface area contributed by atoms with Crippen LogP contribution in [0.25, 0.3) is 21.8 Å². The molecule has 4 rings (SSSR count). The molecule has 2 heterocycles. The van der Waals surface area contributed by atoms with Crippen LogP contribution in [0.15, 0.2) is 36.7 Å². The standard InChI is InChI=1S/C18H13FN3O2/c1-10-7-13-14(22-10)5-6-16(17(13)19)24-18-12-4-3-11(23-2)8-15(12)20-9-21-18/h4-9,22H,1-2H3. The third kappa shape index (κ3) is 2.32. The fraction of sp³-hybridized carbons (Fsp3) is 0.111. The summed E-state index contributed by atoms with van der Waals surface area (Å²) >= 11 is 0. The molecular formula is C18H13FN3O2. The fourth-order valence-corrected chi connectivity index (χ4v) is 2.62. The van der Waals surface area contributed by atoms with Crippen LogP contribution in [-0.2, 0) is 0 Å². The first-order valence-corrected chi connectivity index (χ1v) is 7.32. The Hall–Kier alpha value is -3.15. The topological polar surface area (TPSA) is 60.0 Å². The van der Waals surface area contributed by atoms with Crippen LogP contribution in [0.5, 0.6) is 17.4 Å². The van der Waals surface area contributed by atoms with Gasteiger partial charge in [0.05, 0.1) is 18.0 Å². The molecule has 0 saturated carbocycles. The number of nitrogens with zero attached hydrogens (tertiary/aromatic N) is 2. The van der Waals surface area contributed by atoms with Gasteiger partial charge in [-0.3, -0.25) is 0 Å². The number of nitrogens with one attached hydrogen (secondary N) is 1. The number of H-pyrrole nitrogens is 1. The van der Waals surface area contributed by atoms with E-state index in [0.29, 0.717) is 22.0 Å². The molecule has 2 aromatic heterocycles. The lowest BCUT2D eigenvalue weighted by molar-refractivity contribution is 0.414. The van der Waals surface area contributed by atoms with Gasteiger partial charge in [0.2, 0.25) is 5.88 Å². The molecule has 2 aromatic carbocycles. The van der Waals surface area contributed by atoms with Crippen molar-refractivity contribution in [1.82, 2.24) is 15.0 Å². The number of ether oxygens (including phenoxy) is 2. The minimum atomic E-state index is -0.430. The molecule has 0 amide bonds. The summed E-state index contributed by atoms with van der Waals surface area (Å²) in [4.78, 5) is 11.4. The third-order valence-electron chi connectivity index (χ3n) is 3.77. The second kappa shape index (κ2) is 5.49. The van der Waals surface area contributed by atoms with Gasteiger partial charge in [0.1, 0.15) is 12.1 Å². The van der Waals surface area contributed by atoms with Gasteiger partial charge >= 0.3 is 0 Å². The average Bonchev–Trinajstić information content (AvgIpc) is 2.98. The van der Waals surface area contributed by atoms with Crippen LogP contribution in [0.1, 0.15) is 5.69 Å². The minimum absolute atomic E-state index is 0.109. The van der Waals surface area contributed by atoms with Crippen LogP contribution in [0.4, 0.5) is 4.39 Å². The second-order valence-corrected chi connectivity index (χ2v) is 5.37. The van der Waals surface area contributed by atoms with E-state index in [0.717, 1.165) is 11.2 Å². The smallest absolute Gasteiger partial charge is 0.230 e. The number of halogens is 1. The number of fused-ring (bicyclic) bond motifs is 2. The zero-order valence-corrected chi connectivity index (χ0v) is 13.1. The molecule has 0 unspecified atom stereocenters. The van der Waals surface area contributed by atoms with Gasteiger partial charge in [-0.05, 0) is 31.2 Å². The van der Waals surface area contributed by atoms with Crippen LogP contribution in [-0.4, -0.2) is 22.1 Å². The summed E-state index contributed by atoms with van der Waals surface area (Å²) in [6.45, 7) is 1.88. The largest absolute Gasteiger partial charge is 0.496 e. The van der Waals surface area contributed by atoms with E-state index in [-0.39, 0.29) is 11.6 Å². The number of aryl methyl sites for hydroxylation is 1. The Morgan fingerprint density at radius 1 is 1.17 bits per heavy atom. The highest BCUT2D eigenvalue weighted by Gasteiger charge is 2.14. The van der Waals surface area contributed by atoms with Gasteiger partial charge in [0, 0.05) is 28.7 Å². The Balaban J connectivity index is 1.80. The lowest BCUT2D eigenvalue weighted by atomic mass is 10.2. The van der Waals surface area contributed by atoms with Crippen molar-refractivity contribution in [2.75, 3.05) is 7.11 Å². The molecule has 0 aliphatic heterocycles. The summed E-state index contributed by atoms with van der Waals surface area (Å²) in [5.41, 5.74) is 2.24. The SMILES string of the molecule is COc1[c]cc2c(Oc3ccc4[nH]c(C)cc4c3F)ncnc2c1. The summed E-state index contributed by atoms with van der Waals surface area (Å²) in [6, 6.07) is 11.4. The summed E-state index contributed by atoms with van der Waals surface area (Å²) < 4.78 is 25.5. The maximum atomic E-state index is 14.7. The molecule has 0 bridgehead atoms. The highest BCUT2D eigenvalue weighted by atomic mass is 19.1. The Morgan fingerprint density at radius 3 is 2.88 bits per heavy atom. The van der Waals surface area contributed by atoms with Crippen molar-refractivity contribution >= 4 is 21.8 Å². The zero-order valence-electron chi connectivity index (χ0n) is 13.1. The number of benzene rings is 2. The van der Waals surface area contributed by atoms with E-state index in [1.165, 1.54) is 6.33 Å². The van der Waals surface area contributed by atoms with Crippen LogP contribution in [0.2, 0.25) is 0 Å². The van der Waals surface area contributed by atoms with Crippen molar-refractivity contribution in [3.63, 3.8) is 0 Å². The van der Waals surface area contributed by atoms with Crippen molar-refractivity contribution in [3.05, 3.63) is 54.2 Å². The van der Waals surface area contributed by atoms with Crippen molar-refractivity contribution in [2.24, 2.45) is 0 Å². The van der Waals surface area contributed by atoms with E-state index < -0.39 is 5.82 Å². The maximum Gasteiger partial charge on any atom is 0.230 e. The van der Waals surface area contributed by atoms with Gasteiger partial charge in [0.25, 0.3) is 0 Å². The fourth-order valence-electron chi connectivity index (χ4n) is 2.62. The van der Waals surface area contributed by atoms with Gasteiger partial charge < -0.3 is 14.5 Å². The molecule has 0 fully saturated rings. The molecule has 1 radical (unpaired) electrons. The Kier molecular flexibility index (Phi) is 3.30. The van der Waals surface area contributed by atoms with Gasteiger partial charge in [-0.1, -0.05) is 0 Å². The lowest BCUT2D eigenvalue weighted by Crippen LogP contribution is -1.94. The number of aromatic nitrogens is 3.